The Balaban J connectivity index is 2.67. The van der Waals surface area contributed by atoms with Crippen LogP contribution in [0.25, 0.3) is 0 Å². The third-order valence-electron chi connectivity index (χ3n) is 1.64. The highest BCUT2D eigenvalue weighted by atomic mass is 32.2. The largest absolute Gasteiger partial charge is 0.291 e. The third-order valence-corrected chi connectivity index (χ3v) is 2.85. The molecule has 4 nitrogen and oxygen atoms in total. The van der Waals surface area contributed by atoms with E-state index < -0.39 is 16.9 Å². The van der Waals surface area contributed by atoms with Gasteiger partial charge in [0.2, 0.25) is 0 Å². The van der Waals surface area contributed by atoms with Crippen LogP contribution in [0.2, 0.25) is 0 Å². The molecular weight excluding hydrogens is 178 g/mol. The molecule has 12 heavy (non-hydrogen) atoms. The second-order valence-electron chi connectivity index (χ2n) is 2.32. The van der Waals surface area contributed by atoms with E-state index in [-0.39, 0.29) is 4.47 Å². The van der Waals surface area contributed by atoms with Crippen molar-refractivity contribution in [2.45, 2.75) is 4.90 Å². The van der Waals surface area contributed by atoms with Gasteiger partial charge in [-0.3, -0.25) is 10.0 Å². The van der Waals surface area contributed by atoms with Crippen molar-refractivity contribution >= 4 is 16.9 Å². The summed E-state index contributed by atoms with van der Waals surface area (Å²) in [6, 6.07) is 6.42. The van der Waals surface area contributed by atoms with E-state index in [4.69, 9.17) is 5.21 Å². The number of rotatable bonds is 0. The Bertz CT molecular complexity index is 342. The van der Waals surface area contributed by atoms with Gasteiger partial charge in [-0.25, -0.2) is 4.21 Å². The molecule has 1 aromatic carbocycles. The second kappa shape index (κ2) is 2.40. The molecule has 2 rings (SSSR count). The highest BCUT2D eigenvalue weighted by Crippen LogP contribution is 2.24. The molecule has 0 spiro atoms. The van der Waals surface area contributed by atoms with Crippen molar-refractivity contribution in [2.75, 3.05) is 0 Å². The lowest BCUT2D eigenvalue weighted by Crippen LogP contribution is -2.21. The first-order chi connectivity index (χ1) is 5.72. The van der Waals surface area contributed by atoms with Crippen LogP contribution in [-0.2, 0) is 11.0 Å². The minimum absolute atomic E-state index is 0.241. The van der Waals surface area contributed by atoms with Gasteiger partial charge in [0.15, 0.2) is 11.0 Å². The Morgan fingerprint density at radius 1 is 1.33 bits per heavy atom. The fourth-order valence-corrected chi connectivity index (χ4v) is 2.04. The van der Waals surface area contributed by atoms with Crippen molar-refractivity contribution in [3.63, 3.8) is 0 Å². The molecule has 1 unspecified atom stereocenters. The number of carbonyl (C=O) groups is 1. The van der Waals surface area contributed by atoms with E-state index in [1.165, 1.54) is 6.07 Å². The molecule has 0 aliphatic carbocycles. The molecule has 1 heterocycles. The fourth-order valence-electron chi connectivity index (χ4n) is 1.07. The van der Waals surface area contributed by atoms with Gasteiger partial charge < -0.3 is 0 Å². The van der Waals surface area contributed by atoms with E-state index in [2.05, 4.69) is 0 Å². The number of benzene rings is 1. The van der Waals surface area contributed by atoms with Gasteiger partial charge in [0.1, 0.15) is 0 Å². The SMILES string of the molecule is O=C1c2ccccc2S(=O)N1O. The van der Waals surface area contributed by atoms with Crippen molar-refractivity contribution in [3.05, 3.63) is 29.8 Å². The molecule has 1 atom stereocenters. The lowest BCUT2D eigenvalue weighted by molar-refractivity contribution is 0.0144. The molecule has 1 aliphatic rings. The maximum absolute atomic E-state index is 11.2. The van der Waals surface area contributed by atoms with Gasteiger partial charge >= 0.3 is 0 Å². The molecule has 1 N–H and O–H groups in total. The highest BCUT2D eigenvalue weighted by molar-refractivity contribution is 7.83. The molecular formula is C7H5NO3S. The summed E-state index contributed by atoms with van der Waals surface area (Å²) in [5.41, 5.74) is 0.304. The first-order valence-electron chi connectivity index (χ1n) is 3.26. The Morgan fingerprint density at radius 3 is 2.67 bits per heavy atom. The van der Waals surface area contributed by atoms with E-state index >= 15 is 0 Å². The minimum atomic E-state index is -1.73. The van der Waals surface area contributed by atoms with E-state index in [1.54, 1.807) is 18.2 Å². The summed E-state index contributed by atoms with van der Waals surface area (Å²) in [5, 5.41) is 8.97. The molecule has 0 aromatic heterocycles. The average molecular weight is 183 g/mol. The zero-order chi connectivity index (χ0) is 8.72. The Labute approximate surface area is 71.0 Å². The summed E-state index contributed by atoms with van der Waals surface area (Å²) in [6.45, 7) is 0. The molecule has 5 heteroatoms. The summed E-state index contributed by atoms with van der Waals surface area (Å²) in [5.74, 6) is -0.607. The summed E-state index contributed by atoms with van der Waals surface area (Å²) in [7, 11) is -1.73. The van der Waals surface area contributed by atoms with Gasteiger partial charge in [-0.15, -0.1) is 4.47 Å². The topological polar surface area (TPSA) is 57.6 Å². The van der Waals surface area contributed by atoms with Crippen molar-refractivity contribution in [3.8, 4) is 0 Å². The number of hydroxylamine groups is 1. The standard InChI is InChI=1S/C7H5NO3S/c9-7-5-3-1-2-4-6(5)12(11)8(7)10/h1-4,10H. The van der Waals surface area contributed by atoms with Crippen molar-refractivity contribution in [1.82, 2.24) is 4.47 Å². The van der Waals surface area contributed by atoms with Gasteiger partial charge in [-0.05, 0) is 12.1 Å². The van der Waals surface area contributed by atoms with Crippen LogP contribution >= 0.6 is 0 Å². The number of fused-ring (bicyclic) bond motifs is 1. The van der Waals surface area contributed by atoms with Crippen LogP contribution in [0.15, 0.2) is 29.2 Å². The predicted octanol–water partition coefficient (Wildman–Crippen LogP) is 0.554. The van der Waals surface area contributed by atoms with Crippen LogP contribution in [0.5, 0.6) is 0 Å². The van der Waals surface area contributed by atoms with Gasteiger partial charge in [0.05, 0.1) is 10.5 Å². The molecule has 62 valence electrons. The van der Waals surface area contributed by atoms with Crippen molar-refractivity contribution in [1.29, 1.82) is 0 Å². The Kier molecular flexibility index (Phi) is 1.49. The summed E-state index contributed by atoms with van der Waals surface area (Å²) < 4.78 is 11.4. The van der Waals surface area contributed by atoms with Crippen LogP contribution in [0.3, 0.4) is 0 Å². The van der Waals surface area contributed by atoms with Gasteiger partial charge in [0, 0.05) is 0 Å². The third kappa shape index (κ3) is 0.804. The monoisotopic (exact) mass is 183 g/mol. The van der Waals surface area contributed by atoms with Gasteiger partial charge in [0.25, 0.3) is 5.91 Å². The quantitative estimate of drug-likeness (QED) is 0.598. The summed E-state index contributed by atoms with van der Waals surface area (Å²) >= 11 is 0. The van der Waals surface area contributed by atoms with E-state index in [9.17, 15) is 9.00 Å². The first-order valence-corrected chi connectivity index (χ1v) is 4.37. The van der Waals surface area contributed by atoms with Crippen LogP contribution in [0.1, 0.15) is 10.4 Å². The van der Waals surface area contributed by atoms with Crippen molar-refractivity contribution in [2.24, 2.45) is 0 Å². The predicted molar refractivity (Wildman–Crippen MR) is 40.8 cm³/mol. The number of hydrogen-bond acceptors (Lipinski definition) is 3. The number of nitrogens with zero attached hydrogens (tertiary/aromatic N) is 1. The maximum Gasteiger partial charge on any atom is 0.291 e. The number of carbonyl (C=O) groups excluding carboxylic acids is 1. The molecule has 0 saturated heterocycles. The smallest absolute Gasteiger partial charge is 0.273 e. The second-order valence-corrected chi connectivity index (χ2v) is 3.61. The van der Waals surface area contributed by atoms with E-state index in [0.29, 0.717) is 10.5 Å². The van der Waals surface area contributed by atoms with Crippen LogP contribution in [0, 0.1) is 0 Å². The Hall–Kier alpha value is -1.20. The summed E-state index contributed by atoms with van der Waals surface area (Å²) in [6.07, 6.45) is 0. The maximum atomic E-state index is 11.2. The minimum Gasteiger partial charge on any atom is -0.273 e. The lowest BCUT2D eigenvalue weighted by Gasteiger charge is -2.00. The molecule has 0 saturated carbocycles. The molecule has 1 aliphatic heterocycles. The highest BCUT2D eigenvalue weighted by Gasteiger charge is 2.33. The zero-order valence-electron chi connectivity index (χ0n) is 5.93. The number of hydrogen-bond donors (Lipinski definition) is 1. The molecule has 1 amide bonds. The molecule has 0 fully saturated rings. The summed E-state index contributed by atoms with van der Waals surface area (Å²) in [4.78, 5) is 11.5. The number of amides is 1. The van der Waals surface area contributed by atoms with Gasteiger partial charge in [-0.2, -0.15) is 0 Å². The zero-order valence-corrected chi connectivity index (χ0v) is 6.75. The molecule has 0 bridgehead atoms. The van der Waals surface area contributed by atoms with Crippen LogP contribution < -0.4 is 0 Å². The van der Waals surface area contributed by atoms with E-state index in [0.717, 1.165) is 0 Å². The van der Waals surface area contributed by atoms with Crippen LogP contribution in [-0.4, -0.2) is 19.8 Å². The molecule has 1 aromatic rings. The molecule has 0 radical (unpaired) electrons. The Morgan fingerprint density at radius 2 is 2.00 bits per heavy atom. The average Bonchev–Trinajstić information content (AvgIpc) is 2.33. The lowest BCUT2D eigenvalue weighted by atomic mass is 10.2. The van der Waals surface area contributed by atoms with Gasteiger partial charge in [-0.1, -0.05) is 12.1 Å². The van der Waals surface area contributed by atoms with Crippen molar-refractivity contribution < 1.29 is 14.2 Å². The fraction of sp³-hybridized carbons (Fsp3) is 0. The van der Waals surface area contributed by atoms with E-state index in [1.807, 2.05) is 0 Å². The van der Waals surface area contributed by atoms with Crippen LogP contribution in [0.4, 0.5) is 0 Å². The normalized spacial score (nSPS) is 21.2. The first kappa shape index (κ1) is 7.45.